The number of rotatable bonds is 5. The molecular weight excluding hydrogens is 351 g/mol. The smallest absolute Gasteiger partial charge is 0.251 e. The Labute approximate surface area is 159 Å². The van der Waals surface area contributed by atoms with E-state index in [1.54, 1.807) is 25.1 Å². The molecule has 0 aromatic heterocycles. The van der Waals surface area contributed by atoms with Crippen molar-refractivity contribution < 1.29 is 9.18 Å². The minimum Gasteiger partial charge on any atom is -0.352 e. The Morgan fingerprint density at radius 1 is 1.35 bits per heavy atom. The summed E-state index contributed by atoms with van der Waals surface area (Å²) in [7, 11) is 2.14. The van der Waals surface area contributed by atoms with Gasteiger partial charge in [-0.25, -0.2) is 4.39 Å². The van der Waals surface area contributed by atoms with Crippen molar-refractivity contribution in [2.45, 2.75) is 32.2 Å². The van der Waals surface area contributed by atoms with Crippen LogP contribution in [-0.2, 0) is 0 Å². The second-order valence-electron chi connectivity index (χ2n) is 6.98. The summed E-state index contributed by atoms with van der Waals surface area (Å²) < 4.78 is 13.6. The topological polar surface area (TPSA) is 32.3 Å². The summed E-state index contributed by atoms with van der Waals surface area (Å²) in [5.41, 5.74) is 2.65. The average Bonchev–Trinajstić information content (AvgIpc) is 3.03. The highest BCUT2D eigenvalue weighted by Gasteiger charge is 2.20. The molecular formula is C21H24ClFN2O. The van der Waals surface area contributed by atoms with Crippen molar-refractivity contribution in [3.8, 4) is 11.1 Å². The van der Waals surface area contributed by atoms with Crippen molar-refractivity contribution in [1.29, 1.82) is 0 Å². The van der Waals surface area contributed by atoms with Gasteiger partial charge in [0.2, 0.25) is 0 Å². The molecule has 3 rings (SSSR count). The lowest BCUT2D eigenvalue weighted by Gasteiger charge is -2.19. The molecule has 1 heterocycles. The van der Waals surface area contributed by atoms with Crippen LogP contribution in [0, 0.1) is 12.7 Å². The Balaban J connectivity index is 1.69. The van der Waals surface area contributed by atoms with Gasteiger partial charge in [-0.05, 0) is 75.2 Å². The van der Waals surface area contributed by atoms with Crippen LogP contribution in [0.15, 0.2) is 36.4 Å². The molecule has 2 aromatic rings. The molecule has 1 amide bonds. The van der Waals surface area contributed by atoms with E-state index in [1.807, 2.05) is 12.1 Å². The fraction of sp³-hybridized carbons (Fsp3) is 0.381. The molecule has 0 bridgehead atoms. The van der Waals surface area contributed by atoms with Crippen molar-refractivity contribution in [2.24, 2.45) is 0 Å². The summed E-state index contributed by atoms with van der Waals surface area (Å²) in [6.07, 6.45) is 3.39. The first-order chi connectivity index (χ1) is 12.5. The van der Waals surface area contributed by atoms with Gasteiger partial charge >= 0.3 is 0 Å². The van der Waals surface area contributed by atoms with Crippen LogP contribution in [0.5, 0.6) is 0 Å². The van der Waals surface area contributed by atoms with Gasteiger partial charge in [-0.3, -0.25) is 4.79 Å². The quantitative estimate of drug-likeness (QED) is 0.824. The molecule has 2 aromatic carbocycles. The maximum Gasteiger partial charge on any atom is 0.251 e. The number of nitrogens with zero attached hydrogens (tertiary/aromatic N) is 1. The van der Waals surface area contributed by atoms with Gasteiger partial charge in [-0.1, -0.05) is 23.7 Å². The van der Waals surface area contributed by atoms with Gasteiger partial charge in [0.25, 0.3) is 5.91 Å². The largest absolute Gasteiger partial charge is 0.352 e. The molecule has 0 saturated carbocycles. The van der Waals surface area contributed by atoms with Crippen LogP contribution in [0.4, 0.5) is 4.39 Å². The van der Waals surface area contributed by atoms with Crippen LogP contribution in [0.25, 0.3) is 11.1 Å². The van der Waals surface area contributed by atoms with Crippen LogP contribution in [-0.4, -0.2) is 37.0 Å². The van der Waals surface area contributed by atoms with Gasteiger partial charge < -0.3 is 10.2 Å². The summed E-state index contributed by atoms with van der Waals surface area (Å²) >= 11 is 6.19. The molecule has 26 heavy (non-hydrogen) atoms. The molecule has 1 saturated heterocycles. The summed E-state index contributed by atoms with van der Waals surface area (Å²) in [5, 5.41) is 3.34. The number of nitrogens with one attached hydrogen (secondary N) is 1. The Morgan fingerprint density at radius 2 is 2.15 bits per heavy atom. The highest BCUT2D eigenvalue weighted by molar-refractivity contribution is 6.33. The van der Waals surface area contributed by atoms with E-state index in [2.05, 4.69) is 17.3 Å². The van der Waals surface area contributed by atoms with Crippen LogP contribution in [0.2, 0.25) is 5.02 Å². The third kappa shape index (κ3) is 4.25. The third-order valence-electron chi connectivity index (χ3n) is 5.12. The number of aryl methyl sites for hydroxylation is 1. The lowest BCUT2D eigenvalue weighted by Crippen LogP contribution is -2.31. The lowest BCUT2D eigenvalue weighted by atomic mass is 10.0. The molecule has 1 N–H and O–H groups in total. The number of halogens is 2. The molecule has 3 nitrogen and oxygen atoms in total. The molecule has 138 valence electrons. The van der Waals surface area contributed by atoms with Crippen LogP contribution < -0.4 is 5.32 Å². The predicted octanol–water partition coefficient (Wildman–Crippen LogP) is 4.67. The second-order valence-corrected chi connectivity index (χ2v) is 7.39. The van der Waals surface area contributed by atoms with Crippen molar-refractivity contribution in [3.05, 3.63) is 58.4 Å². The van der Waals surface area contributed by atoms with Crippen molar-refractivity contribution in [1.82, 2.24) is 10.2 Å². The SMILES string of the molecule is Cc1cc(-c2cccc(C(=O)NCCC3CCCN3C)c2)c(Cl)cc1F. The predicted molar refractivity (Wildman–Crippen MR) is 104 cm³/mol. The van der Waals surface area contributed by atoms with Crippen LogP contribution in [0.3, 0.4) is 0 Å². The van der Waals surface area contributed by atoms with Gasteiger partial charge in [0, 0.05) is 23.7 Å². The zero-order valence-corrected chi connectivity index (χ0v) is 15.9. The summed E-state index contributed by atoms with van der Waals surface area (Å²) in [5.74, 6) is -0.424. The summed E-state index contributed by atoms with van der Waals surface area (Å²) in [4.78, 5) is 14.8. The molecule has 1 atom stereocenters. The fourth-order valence-electron chi connectivity index (χ4n) is 3.50. The van der Waals surface area contributed by atoms with Gasteiger partial charge in [-0.15, -0.1) is 0 Å². The molecule has 0 spiro atoms. The first-order valence-corrected chi connectivity index (χ1v) is 9.38. The van der Waals surface area contributed by atoms with Gasteiger partial charge in [0.15, 0.2) is 0 Å². The van der Waals surface area contributed by atoms with E-state index in [0.29, 0.717) is 28.7 Å². The Hall–Kier alpha value is -1.91. The maximum atomic E-state index is 13.6. The van der Waals surface area contributed by atoms with Crippen LogP contribution >= 0.6 is 11.6 Å². The van der Waals surface area contributed by atoms with Crippen molar-refractivity contribution in [3.63, 3.8) is 0 Å². The minimum absolute atomic E-state index is 0.0949. The third-order valence-corrected chi connectivity index (χ3v) is 5.43. The maximum absolute atomic E-state index is 13.6. The van der Waals surface area contributed by atoms with E-state index in [-0.39, 0.29) is 11.7 Å². The van der Waals surface area contributed by atoms with E-state index in [0.717, 1.165) is 24.1 Å². The van der Waals surface area contributed by atoms with Gasteiger partial charge in [0.05, 0.1) is 5.02 Å². The number of amides is 1. The first-order valence-electron chi connectivity index (χ1n) is 9.00. The van der Waals surface area contributed by atoms with E-state index in [4.69, 9.17) is 11.6 Å². The van der Waals surface area contributed by atoms with Crippen molar-refractivity contribution >= 4 is 17.5 Å². The highest BCUT2D eigenvalue weighted by Crippen LogP contribution is 2.30. The molecule has 0 radical (unpaired) electrons. The molecule has 5 heteroatoms. The fourth-order valence-corrected chi connectivity index (χ4v) is 3.76. The monoisotopic (exact) mass is 374 g/mol. The highest BCUT2D eigenvalue weighted by atomic mass is 35.5. The lowest BCUT2D eigenvalue weighted by molar-refractivity contribution is 0.0950. The van der Waals surface area contributed by atoms with Gasteiger partial charge in [-0.2, -0.15) is 0 Å². The number of carbonyl (C=O) groups excluding carboxylic acids is 1. The summed E-state index contributed by atoms with van der Waals surface area (Å²) in [6.45, 7) is 3.50. The van der Waals surface area contributed by atoms with E-state index in [1.165, 1.54) is 18.9 Å². The second kappa shape index (κ2) is 8.19. The standard InChI is InChI=1S/C21H24ClFN2O/c1-14-11-18(19(22)13-20(14)23)15-5-3-6-16(12-15)21(26)24-9-8-17-7-4-10-25(17)2/h3,5-6,11-13,17H,4,7-10H2,1-2H3,(H,24,26). The van der Waals surface area contributed by atoms with Crippen LogP contribution in [0.1, 0.15) is 35.2 Å². The molecule has 1 aliphatic heterocycles. The number of carbonyl (C=O) groups is 1. The number of hydrogen-bond donors (Lipinski definition) is 1. The Kier molecular flexibility index (Phi) is 5.94. The molecule has 1 aliphatic rings. The first kappa shape index (κ1) is 18.9. The number of hydrogen-bond acceptors (Lipinski definition) is 2. The van der Waals surface area contributed by atoms with E-state index >= 15 is 0 Å². The zero-order valence-electron chi connectivity index (χ0n) is 15.2. The molecule has 0 aliphatic carbocycles. The molecule has 1 fully saturated rings. The van der Waals surface area contributed by atoms with E-state index in [9.17, 15) is 9.18 Å². The van der Waals surface area contributed by atoms with E-state index < -0.39 is 0 Å². The number of benzene rings is 2. The van der Waals surface area contributed by atoms with Crippen molar-refractivity contribution in [2.75, 3.05) is 20.1 Å². The zero-order chi connectivity index (χ0) is 18.7. The minimum atomic E-state index is -0.329. The Morgan fingerprint density at radius 3 is 2.88 bits per heavy atom. The number of likely N-dealkylation sites (tertiary alicyclic amines) is 1. The van der Waals surface area contributed by atoms with Gasteiger partial charge in [0.1, 0.15) is 5.82 Å². The average molecular weight is 375 g/mol. The Bertz CT molecular complexity index is 809. The molecule has 1 unspecified atom stereocenters. The normalized spacial score (nSPS) is 17.5. The summed E-state index contributed by atoms with van der Waals surface area (Å²) in [6, 6.07) is 10.9.